The van der Waals surface area contributed by atoms with Crippen LogP contribution in [0.25, 0.3) is 0 Å². The van der Waals surface area contributed by atoms with Crippen LogP contribution in [0.2, 0.25) is 5.02 Å². The number of aryl methyl sites for hydroxylation is 1. The quantitative estimate of drug-likeness (QED) is 0.612. The summed E-state index contributed by atoms with van der Waals surface area (Å²) >= 11 is 9.00. The molecule has 22 heavy (non-hydrogen) atoms. The molecule has 2 rings (SSSR count). The highest BCUT2D eigenvalue weighted by Crippen LogP contribution is 2.28. The molecule has 1 N–H and O–H groups in total. The lowest BCUT2D eigenvalue weighted by atomic mass is 10.2. The van der Waals surface area contributed by atoms with Crippen LogP contribution < -0.4 is 4.72 Å². The van der Waals surface area contributed by atoms with Crippen LogP contribution in [-0.2, 0) is 10.0 Å². The Bertz CT molecular complexity index is 855. The predicted molar refractivity (Wildman–Crippen MR) is 87.8 cm³/mol. The maximum absolute atomic E-state index is 12.3. The van der Waals surface area contributed by atoms with Crippen molar-refractivity contribution in [2.45, 2.75) is 11.8 Å². The van der Waals surface area contributed by atoms with Crippen molar-refractivity contribution >= 4 is 48.9 Å². The van der Waals surface area contributed by atoms with Crippen LogP contribution in [-0.4, -0.2) is 13.3 Å². The number of hydrogen-bond acceptors (Lipinski definition) is 4. The lowest BCUT2D eigenvalue weighted by Gasteiger charge is -2.09. The maximum atomic E-state index is 12.3. The molecule has 0 radical (unpaired) electrons. The van der Waals surface area contributed by atoms with E-state index in [0.717, 1.165) is 16.1 Å². The van der Waals surface area contributed by atoms with E-state index in [4.69, 9.17) is 11.6 Å². The first-order chi connectivity index (χ1) is 10.2. The third-order valence-electron chi connectivity index (χ3n) is 2.83. The summed E-state index contributed by atoms with van der Waals surface area (Å²) in [5.41, 5.74) is 0.747. The topological polar surface area (TPSA) is 89.3 Å². The van der Waals surface area contributed by atoms with E-state index < -0.39 is 20.6 Å². The second kappa shape index (κ2) is 6.23. The molecule has 0 amide bonds. The molecule has 0 bridgehead atoms. The third kappa shape index (κ3) is 3.57. The number of nitro benzene ring substituents is 1. The molecular weight excluding hydrogens is 396 g/mol. The van der Waals surface area contributed by atoms with E-state index in [2.05, 4.69) is 20.7 Å². The minimum absolute atomic E-state index is 0.122. The van der Waals surface area contributed by atoms with Gasteiger partial charge in [-0.3, -0.25) is 14.8 Å². The Morgan fingerprint density at radius 1 is 1.23 bits per heavy atom. The number of rotatable bonds is 4. The van der Waals surface area contributed by atoms with Crippen molar-refractivity contribution in [3.63, 3.8) is 0 Å². The zero-order valence-corrected chi connectivity index (χ0v) is 14.4. The molecule has 9 heteroatoms. The first-order valence-corrected chi connectivity index (χ1v) is 8.59. The van der Waals surface area contributed by atoms with Crippen LogP contribution >= 0.6 is 27.5 Å². The van der Waals surface area contributed by atoms with E-state index in [1.165, 1.54) is 12.1 Å². The molecule has 0 saturated carbocycles. The Morgan fingerprint density at radius 3 is 2.50 bits per heavy atom. The molecule has 0 fully saturated rings. The first kappa shape index (κ1) is 16.7. The van der Waals surface area contributed by atoms with Crippen LogP contribution in [0.5, 0.6) is 0 Å². The van der Waals surface area contributed by atoms with E-state index >= 15 is 0 Å². The molecule has 0 aliphatic carbocycles. The number of benzene rings is 2. The van der Waals surface area contributed by atoms with E-state index in [1.807, 2.05) is 6.92 Å². The van der Waals surface area contributed by atoms with Crippen LogP contribution in [0.1, 0.15) is 5.56 Å². The van der Waals surface area contributed by atoms with E-state index in [-0.39, 0.29) is 9.92 Å². The summed E-state index contributed by atoms with van der Waals surface area (Å²) in [4.78, 5) is 9.88. The third-order valence-corrected chi connectivity index (χ3v) is 5.42. The van der Waals surface area contributed by atoms with Crippen molar-refractivity contribution in [2.24, 2.45) is 0 Å². The molecule has 0 unspecified atom stereocenters. The standard InChI is InChI=1S/C13H10BrClN2O4S/c1-8-6-9(2-4-11(8)14)16-22(20,21)10-3-5-12(15)13(7-10)17(18)19/h2-7,16H,1H3. The van der Waals surface area contributed by atoms with Gasteiger partial charge in [0.1, 0.15) is 5.02 Å². The van der Waals surface area contributed by atoms with Crippen LogP contribution in [0.3, 0.4) is 0 Å². The van der Waals surface area contributed by atoms with Gasteiger partial charge in [0.15, 0.2) is 0 Å². The van der Waals surface area contributed by atoms with E-state index in [1.54, 1.807) is 18.2 Å². The van der Waals surface area contributed by atoms with E-state index in [0.29, 0.717) is 5.69 Å². The number of sulfonamides is 1. The highest BCUT2D eigenvalue weighted by Gasteiger charge is 2.20. The summed E-state index contributed by atoms with van der Waals surface area (Å²) in [6.07, 6.45) is 0. The smallest absolute Gasteiger partial charge is 0.280 e. The summed E-state index contributed by atoms with van der Waals surface area (Å²) in [6, 6.07) is 8.25. The van der Waals surface area contributed by atoms with Crippen LogP contribution in [0, 0.1) is 17.0 Å². The van der Waals surface area contributed by atoms with Crippen molar-refractivity contribution < 1.29 is 13.3 Å². The normalized spacial score (nSPS) is 11.2. The Morgan fingerprint density at radius 2 is 1.91 bits per heavy atom. The zero-order chi connectivity index (χ0) is 16.5. The fourth-order valence-corrected chi connectivity index (χ4v) is 3.22. The Balaban J connectivity index is 2.40. The number of nitro groups is 1. The lowest BCUT2D eigenvalue weighted by Crippen LogP contribution is -2.13. The van der Waals surface area contributed by atoms with Crippen molar-refractivity contribution in [3.8, 4) is 0 Å². The van der Waals surface area contributed by atoms with Gasteiger partial charge in [0.2, 0.25) is 0 Å². The van der Waals surface area contributed by atoms with Gasteiger partial charge in [-0.2, -0.15) is 0 Å². The molecule has 0 heterocycles. The molecule has 116 valence electrons. The molecule has 0 spiro atoms. The molecule has 0 aliphatic rings. The Labute approximate surface area is 140 Å². The Hall–Kier alpha value is -1.64. The van der Waals surface area contributed by atoms with Crippen molar-refractivity contribution in [2.75, 3.05) is 4.72 Å². The molecule has 6 nitrogen and oxygen atoms in total. The average Bonchev–Trinajstić information content (AvgIpc) is 2.42. The lowest BCUT2D eigenvalue weighted by molar-refractivity contribution is -0.384. The molecule has 0 atom stereocenters. The highest BCUT2D eigenvalue weighted by atomic mass is 79.9. The predicted octanol–water partition coefficient (Wildman–Crippen LogP) is 4.12. The van der Waals surface area contributed by atoms with E-state index in [9.17, 15) is 18.5 Å². The maximum Gasteiger partial charge on any atom is 0.289 e. The van der Waals surface area contributed by atoms with Crippen molar-refractivity contribution in [1.82, 2.24) is 0 Å². The van der Waals surface area contributed by atoms with Gasteiger partial charge in [0.05, 0.1) is 9.82 Å². The number of anilines is 1. The Kier molecular flexibility index (Phi) is 4.74. The number of halogens is 2. The molecule has 2 aromatic rings. The molecule has 0 saturated heterocycles. The van der Waals surface area contributed by atoms with Gasteiger partial charge in [-0.15, -0.1) is 0 Å². The summed E-state index contributed by atoms with van der Waals surface area (Å²) in [5.74, 6) is 0. The minimum Gasteiger partial charge on any atom is -0.280 e. The monoisotopic (exact) mass is 404 g/mol. The molecular formula is C13H10BrClN2O4S. The molecule has 0 aliphatic heterocycles. The fourth-order valence-electron chi connectivity index (χ4n) is 1.72. The summed E-state index contributed by atoms with van der Waals surface area (Å²) in [6.45, 7) is 1.81. The fraction of sp³-hybridized carbons (Fsp3) is 0.0769. The molecule has 2 aromatic carbocycles. The van der Waals surface area contributed by atoms with Crippen molar-refractivity contribution in [1.29, 1.82) is 0 Å². The minimum atomic E-state index is -3.94. The van der Waals surface area contributed by atoms with Crippen LogP contribution in [0.4, 0.5) is 11.4 Å². The van der Waals surface area contributed by atoms with Gasteiger partial charge in [-0.1, -0.05) is 27.5 Å². The van der Waals surface area contributed by atoms with Gasteiger partial charge in [0, 0.05) is 16.2 Å². The second-order valence-corrected chi connectivity index (χ2v) is 7.38. The van der Waals surface area contributed by atoms with Gasteiger partial charge >= 0.3 is 0 Å². The van der Waals surface area contributed by atoms with Gasteiger partial charge in [-0.25, -0.2) is 8.42 Å². The van der Waals surface area contributed by atoms with Crippen LogP contribution in [0.15, 0.2) is 45.8 Å². The number of hydrogen-bond donors (Lipinski definition) is 1. The SMILES string of the molecule is Cc1cc(NS(=O)(=O)c2ccc(Cl)c([N+](=O)[O-])c2)ccc1Br. The van der Waals surface area contributed by atoms with Crippen molar-refractivity contribution in [3.05, 3.63) is 61.6 Å². The first-order valence-electron chi connectivity index (χ1n) is 5.93. The second-order valence-electron chi connectivity index (χ2n) is 4.44. The zero-order valence-electron chi connectivity index (χ0n) is 11.2. The van der Waals surface area contributed by atoms with Gasteiger partial charge < -0.3 is 0 Å². The number of nitrogens with one attached hydrogen (secondary N) is 1. The average molecular weight is 406 g/mol. The molecule has 0 aromatic heterocycles. The highest BCUT2D eigenvalue weighted by molar-refractivity contribution is 9.10. The largest absolute Gasteiger partial charge is 0.289 e. The summed E-state index contributed by atoms with van der Waals surface area (Å²) in [7, 11) is -3.94. The number of nitrogens with zero attached hydrogens (tertiary/aromatic N) is 1. The summed E-state index contributed by atoms with van der Waals surface area (Å²) in [5, 5.41) is 10.7. The van der Waals surface area contributed by atoms with Gasteiger partial charge in [-0.05, 0) is 42.8 Å². The summed E-state index contributed by atoms with van der Waals surface area (Å²) < 4.78 is 27.8. The van der Waals surface area contributed by atoms with Gasteiger partial charge in [0.25, 0.3) is 15.7 Å².